The molecule has 1 heterocycles. The van der Waals surface area contributed by atoms with Gasteiger partial charge in [0.25, 0.3) is 0 Å². The van der Waals surface area contributed by atoms with Gasteiger partial charge in [0.05, 0.1) is 5.69 Å². The summed E-state index contributed by atoms with van der Waals surface area (Å²) in [5, 5.41) is 3.56. The first-order valence-electron chi connectivity index (χ1n) is 6.91. The molecule has 0 saturated heterocycles. The van der Waals surface area contributed by atoms with Crippen molar-refractivity contribution in [1.82, 2.24) is 9.55 Å². The molecule has 3 nitrogen and oxygen atoms in total. The van der Waals surface area contributed by atoms with Gasteiger partial charge in [-0.25, -0.2) is 4.98 Å². The first kappa shape index (κ1) is 13.7. The standard InChI is InChI=1S/C16H23N3/c1-5-11-16(3,4)18-15-17-13(2)12-19(15)14-9-7-6-8-10-14/h6-10,12H,5,11H2,1-4H3,(H,17,18). The second-order valence-corrected chi connectivity index (χ2v) is 5.67. The number of rotatable bonds is 5. The SMILES string of the molecule is CCCC(C)(C)Nc1nc(C)cn1-c1ccccc1. The Labute approximate surface area is 115 Å². The summed E-state index contributed by atoms with van der Waals surface area (Å²) in [6, 6.07) is 10.3. The Balaban J connectivity index is 2.32. The van der Waals surface area contributed by atoms with Crippen molar-refractivity contribution in [3.05, 3.63) is 42.2 Å². The van der Waals surface area contributed by atoms with E-state index >= 15 is 0 Å². The number of aromatic nitrogens is 2. The zero-order valence-electron chi connectivity index (χ0n) is 12.3. The predicted octanol–water partition coefficient (Wildman–Crippen LogP) is 4.17. The predicted molar refractivity (Wildman–Crippen MR) is 80.9 cm³/mol. The number of hydrogen-bond donors (Lipinski definition) is 1. The highest BCUT2D eigenvalue weighted by Crippen LogP contribution is 2.22. The van der Waals surface area contributed by atoms with E-state index in [2.05, 4.69) is 54.0 Å². The van der Waals surface area contributed by atoms with Gasteiger partial charge >= 0.3 is 0 Å². The lowest BCUT2D eigenvalue weighted by molar-refractivity contribution is 0.506. The molecule has 1 aromatic heterocycles. The van der Waals surface area contributed by atoms with Crippen LogP contribution in [0, 0.1) is 6.92 Å². The lowest BCUT2D eigenvalue weighted by atomic mass is 9.99. The van der Waals surface area contributed by atoms with Gasteiger partial charge in [-0.1, -0.05) is 31.5 Å². The number of para-hydroxylation sites is 1. The summed E-state index contributed by atoms with van der Waals surface area (Å²) in [6.45, 7) is 8.67. The summed E-state index contributed by atoms with van der Waals surface area (Å²) in [6.07, 6.45) is 4.35. The molecule has 1 aromatic carbocycles. The van der Waals surface area contributed by atoms with Crippen LogP contribution in [0.4, 0.5) is 5.95 Å². The third-order valence-electron chi connectivity index (χ3n) is 3.19. The molecular formula is C16H23N3. The lowest BCUT2D eigenvalue weighted by Crippen LogP contribution is -2.31. The van der Waals surface area contributed by atoms with Crippen LogP contribution in [0.2, 0.25) is 0 Å². The Morgan fingerprint density at radius 3 is 2.53 bits per heavy atom. The van der Waals surface area contributed by atoms with Gasteiger partial charge in [-0.2, -0.15) is 0 Å². The molecule has 2 rings (SSSR count). The molecule has 0 saturated carbocycles. The van der Waals surface area contributed by atoms with E-state index in [4.69, 9.17) is 0 Å². The van der Waals surface area contributed by atoms with Crippen LogP contribution < -0.4 is 5.32 Å². The molecule has 0 atom stereocenters. The normalized spacial score (nSPS) is 11.6. The average Bonchev–Trinajstić information content (AvgIpc) is 2.70. The molecule has 102 valence electrons. The molecule has 2 aromatic rings. The minimum atomic E-state index is 0.0546. The Morgan fingerprint density at radius 1 is 1.21 bits per heavy atom. The zero-order chi connectivity index (χ0) is 13.9. The summed E-state index contributed by atoms with van der Waals surface area (Å²) in [5.41, 5.74) is 2.22. The van der Waals surface area contributed by atoms with E-state index < -0.39 is 0 Å². The van der Waals surface area contributed by atoms with E-state index in [0.717, 1.165) is 30.2 Å². The molecule has 0 bridgehead atoms. The fraction of sp³-hybridized carbons (Fsp3) is 0.438. The third-order valence-corrected chi connectivity index (χ3v) is 3.19. The molecule has 0 fully saturated rings. The maximum absolute atomic E-state index is 4.61. The van der Waals surface area contributed by atoms with Gasteiger partial charge in [-0.3, -0.25) is 4.57 Å². The van der Waals surface area contributed by atoms with Gasteiger partial charge in [0.1, 0.15) is 0 Å². The number of nitrogens with zero attached hydrogens (tertiary/aromatic N) is 2. The number of hydrogen-bond acceptors (Lipinski definition) is 2. The van der Waals surface area contributed by atoms with Crippen molar-refractivity contribution in [3.8, 4) is 5.69 Å². The van der Waals surface area contributed by atoms with Crippen molar-refractivity contribution in [2.24, 2.45) is 0 Å². The van der Waals surface area contributed by atoms with Crippen LogP contribution in [0.3, 0.4) is 0 Å². The van der Waals surface area contributed by atoms with Crippen molar-refractivity contribution in [3.63, 3.8) is 0 Å². The molecule has 0 radical (unpaired) electrons. The fourth-order valence-corrected chi connectivity index (χ4v) is 2.36. The summed E-state index contributed by atoms with van der Waals surface area (Å²) < 4.78 is 2.12. The van der Waals surface area contributed by atoms with Gasteiger partial charge < -0.3 is 5.32 Å². The Hall–Kier alpha value is -1.77. The Bertz CT molecular complexity index is 526. The van der Waals surface area contributed by atoms with Crippen LogP contribution in [0.15, 0.2) is 36.5 Å². The van der Waals surface area contributed by atoms with Crippen LogP contribution in [0.1, 0.15) is 39.3 Å². The number of benzene rings is 1. The maximum Gasteiger partial charge on any atom is 0.208 e. The summed E-state index contributed by atoms with van der Waals surface area (Å²) >= 11 is 0. The smallest absolute Gasteiger partial charge is 0.208 e. The van der Waals surface area contributed by atoms with Gasteiger partial charge in [0.2, 0.25) is 5.95 Å². The second kappa shape index (κ2) is 5.47. The van der Waals surface area contributed by atoms with Crippen molar-refractivity contribution >= 4 is 5.95 Å². The van der Waals surface area contributed by atoms with Gasteiger partial charge in [0, 0.05) is 17.4 Å². The highest BCUT2D eigenvalue weighted by atomic mass is 15.2. The lowest BCUT2D eigenvalue weighted by Gasteiger charge is -2.26. The summed E-state index contributed by atoms with van der Waals surface area (Å²) in [4.78, 5) is 4.61. The quantitative estimate of drug-likeness (QED) is 0.871. The average molecular weight is 257 g/mol. The van der Waals surface area contributed by atoms with Crippen LogP contribution in [-0.2, 0) is 0 Å². The molecule has 1 N–H and O–H groups in total. The zero-order valence-corrected chi connectivity index (χ0v) is 12.3. The molecular weight excluding hydrogens is 234 g/mol. The second-order valence-electron chi connectivity index (χ2n) is 5.67. The molecule has 0 spiro atoms. The molecule has 0 aliphatic rings. The molecule has 0 aliphatic carbocycles. The highest BCUT2D eigenvalue weighted by Gasteiger charge is 2.19. The van der Waals surface area contributed by atoms with Crippen LogP contribution >= 0.6 is 0 Å². The minimum Gasteiger partial charge on any atom is -0.350 e. The third kappa shape index (κ3) is 3.37. The fourth-order valence-electron chi connectivity index (χ4n) is 2.36. The van der Waals surface area contributed by atoms with Crippen molar-refractivity contribution < 1.29 is 0 Å². The van der Waals surface area contributed by atoms with E-state index in [1.165, 1.54) is 0 Å². The monoisotopic (exact) mass is 257 g/mol. The van der Waals surface area contributed by atoms with Crippen molar-refractivity contribution in [2.45, 2.75) is 46.1 Å². The molecule has 19 heavy (non-hydrogen) atoms. The van der Waals surface area contributed by atoms with E-state index in [0.29, 0.717) is 0 Å². The molecule has 0 amide bonds. The van der Waals surface area contributed by atoms with Gasteiger partial charge in [-0.15, -0.1) is 0 Å². The largest absolute Gasteiger partial charge is 0.350 e. The maximum atomic E-state index is 4.61. The van der Waals surface area contributed by atoms with Crippen LogP contribution in [0.5, 0.6) is 0 Å². The number of anilines is 1. The number of aryl methyl sites for hydroxylation is 1. The highest BCUT2D eigenvalue weighted by molar-refractivity contribution is 5.44. The number of nitrogens with one attached hydrogen (secondary N) is 1. The van der Waals surface area contributed by atoms with Crippen molar-refractivity contribution in [1.29, 1.82) is 0 Å². The summed E-state index contributed by atoms with van der Waals surface area (Å²) in [7, 11) is 0. The van der Waals surface area contributed by atoms with Gasteiger partial charge in [-0.05, 0) is 39.3 Å². The first-order valence-corrected chi connectivity index (χ1v) is 6.91. The van der Waals surface area contributed by atoms with Crippen LogP contribution in [0.25, 0.3) is 5.69 Å². The minimum absolute atomic E-state index is 0.0546. The number of imidazole rings is 1. The molecule has 3 heteroatoms. The van der Waals surface area contributed by atoms with E-state index in [1.807, 2.05) is 25.1 Å². The Kier molecular flexibility index (Phi) is 3.93. The van der Waals surface area contributed by atoms with Crippen LogP contribution in [-0.4, -0.2) is 15.1 Å². The van der Waals surface area contributed by atoms with E-state index in [9.17, 15) is 0 Å². The van der Waals surface area contributed by atoms with Crippen molar-refractivity contribution in [2.75, 3.05) is 5.32 Å². The summed E-state index contributed by atoms with van der Waals surface area (Å²) in [5.74, 6) is 0.919. The van der Waals surface area contributed by atoms with Gasteiger partial charge in [0.15, 0.2) is 0 Å². The molecule has 0 aliphatic heterocycles. The van der Waals surface area contributed by atoms with E-state index in [1.54, 1.807) is 0 Å². The van der Waals surface area contributed by atoms with E-state index in [-0.39, 0.29) is 5.54 Å². The first-order chi connectivity index (χ1) is 9.02. The molecule has 0 unspecified atom stereocenters. The topological polar surface area (TPSA) is 29.9 Å². The Morgan fingerprint density at radius 2 is 1.89 bits per heavy atom.